The molecule has 3 N–H and O–H groups in total. The van der Waals surface area contributed by atoms with Crippen LogP contribution in [0.15, 0.2) is 0 Å². The molecule has 1 saturated heterocycles. The van der Waals surface area contributed by atoms with Crippen molar-refractivity contribution in [2.75, 3.05) is 13.1 Å². The summed E-state index contributed by atoms with van der Waals surface area (Å²) in [5, 5.41) is 9.32. The van der Waals surface area contributed by atoms with Gasteiger partial charge in [0.05, 0.1) is 6.10 Å². The lowest BCUT2D eigenvalue weighted by Gasteiger charge is -2.38. The van der Waals surface area contributed by atoms with Crippen LogP contribution in [-0.4, -0.2) is 41.3 Å². The van der Waals surface area contributed by atoms with Crippen LogP contribution >= 0.6 is 0 Å². The van der Waals surface area contributed by atoms with Crippen molar-refractivity contribution < 1.29 is 5.11 Å². The van der Waals surface area contributed by atoms with Gasteiger partial charge < -0.3 is 10.8 Å². The largest absolute Gasteiger partial charge is 0.392 e. The molecule has 1 heterocycles. The molecule has 0 amide bonds. The van der Waals surface area contributed by atoms with Gasteiger partial charge in [0, 0.05) is 18.6 Å². The van der Waals surface area contributed by atoms with E-state index in [9.17, 15) is 5.11 Å². The molecule has 3 nitrogen and oxygen atoms in total. The predicted octanol–water partition coefficient (Wildman–Crippen LogP) is 0.569. The van der Waals surface area contributed by atoms with Crippen molar-refractivity contribution in [1.29, 1.82) is 0 Å². The highest BCUT2D eigenvalue weighted by molar-refractivity contribution is 4.83. The second kappa shape index (κ2) is 4.94. The summed E-state index contributed by atoms with van der Waals surface area (Å²) in [6.07, 6.45) is 3.47. The van der Waals surface area contributed by atoms with Gasteiger partial charge in [-0.2, -0.15) is 0 Å². The maximum atomic E-state index is 9.32. The molecule has 1 rings (SSSR count). The molecule has 0 aromatic heterocycles. The Morgan fingerprint density at radius 3 is 2.69 bits per heavy atom. The minimum Gasteiger partial charge on any atom is -0.392 e. The number of hydrogen-bond donors (Lipinski definition) is 2. The molecule has 13 heavy (non-hydrogen) atoms. The van der Waals surface area contributed by atoms with Crippen molar-refractivity contribution in [2.24, 2.45) is 5.73 Å². The minimum absolute atomic E-state index is 0.221. The standard InChI is InChI=1S/C10H22N2O/c1-8(13)7-12-6-4-3-5-10(12)9(2)11/h8-10,13H,3-7,11H2,1-2H3/t8-,9?,10?/m1/s1. The van der Waals surface area contributed by atoms with Gasteiger partial charge in [-0.3, -0.25) is 4.90 Å². The van der Waals surface area contributed by atoms with E-state index in [4.69, 9.17) is 5.73 Å². The zero-order valence-corrected chi connectivity index (χ0v) is 8.74. The van der Waals surface area contributed by atoms with Crippen LogP contribution in [0.3, 0.4) is 0 Å². The van der Waals surface area contributed by atoms with Gasteiger partial charge >= 0.3 is 0 Å². The third-order valence-corrected chi connectivity index (χ3v) is 2.77. The normalized spacial score (nSPS) is 30.0. The monoisotopic (exact) mass is 186 g/mol. The molecule has 2 unspecified atom stereocenters. The maximum Gasteiger partial charge on any atom is 0.0639 e. The van der Waals surface area contributed by atoms with Gasteiger partial charge in [-0.15, -0.1) is 0 Å². The highest BCUT2D eigenvalue weighted by Gasteiger charge is 2.25. The summed E-state index contributed by atoms with van der Waals surface area (Å²) >= 11 is 0. The molecular weight excluding hydrogens is 164 g/mol. The number of aliphatic hydroxyl groups excluding tert-OH is 1. The van der Waals surface area contributed by atoms with E-state index in [0.717, 1.165) is 13.1 Å². The van der Waals surface area contributed by atoms with E-state index in [-0.39, 0.29) is 12.1 Å². The van der Waals surface area contributed by atoms with Gasteiger partial charge in [-0.25, -0.2) is 0 Å². The van der Waals surface area contributed by atoms with Crippen LogP contribution in [0.4, 0.5) is 0 Å². The number of hydrogen-bond acceptors (Lipinski definition) is 3. The van der Waals surface area contributed by atoms with E-state index in [2.05, 4.69) is 11.8 Å². The first kappa shape index (κ1) is 11.0. The third kappa shape index (κ3) is 3.25. The number of rotatable bonds is 3. The molecule has 78 valence electrons. The summed E-state index contributed by atoms with van der Waals surface area (Å²) in [6, 6.07) is 0.697. The van der Waals surface area contributed by atoms with Crippen LogP contribution in [0.25, 0.3) is 0 Å². The number of nitrogens with two attached hydrogens (primary N) is 1. The van der Waals surface area contributed by atoms with E-state index >= 15 is 0 Å². The molecule has 0 spiro atoms. The second-order valence-corrected chi connectivity index (χ2v) is 4.27. The van der Waals surface area contributed by atoms with Crippen LogP contribution in [0, 0.1) is 0 Å². The van der Waals surface area contributed by atoms with E-state index in [1.807, 2.05) is 6.92 Å². The smallest absolute Gasteiger partial charge is 0.0639 e. The average Bonchev–Trinajstić information content (AvgIpc) is 2.03. The topological polar surface area (TPSA) is 49.5 Å². The van der Waals surface area contributed by atoms with Gasteiger partial charge in [-0.1, -0.05) is 6.42 Å². The van der Waals surface area contributed by atoms with Crippen molar-refractivity contribution in [3.8, 4) is 0 Å². The Morgan fingerprint density at radius 2 is 2.15 bits per heavy atom. The zero-order chi connectivity index (χ0) is 9.84. The number of β-amino-alcohol motifs (C(OH)–C–C–N with tert-alkyl or cyclic N) is 1. The number of likely N-dealkylation sites (tertiary alicyclic amines) is 1. The van der Waals surface area contributed by atoms with Crippen LogP contribution < -0.4 is 5.73 Å². The third-order valence-electron chi connectivity index (χ3n) is 2.77. The van der Waals surface area contributed by atoms with Gasteiger partial charge in [0.2, 0.25) is 0 Å². The Hall–Kier alpha value is -0.120. The molecular formula is C10H22N2O. The molecule has 1 aliphatic rings. The van der Waals surface area contributed by atoms with Crippen molar-refractivity contribution in [2.45, 2.75) is 51.3 Å². The number of nitrogens with zero attached hydrogens (tertiary/aromatic N) is 1. The number of piperidine rings is 1. The first-order chi connectivity index (χ1) is 6.11. The summed E-state index contributed by atoms with van der Waals surface area (Å²) in [4.78, 5) is 2.33. The lowest BCUT2D eigenvalue weighted by molar-refractivity contribution is 0.0681. The molecule has 0 aromatic carbocycles. The van der Waals surface area contributed by atoms with Crippen molar-refractivity contribution in [1.82, 2.24) is 4.90 Å². The summed E-state index contributed by atoms with van der Waals surface area (Å²) in [7, 11) is 0. The average molecular weight is 186 g/mol. The van der Waals surface area contributed by atoms with E-state index in [1.54, 1.807) is 0 Å². The quantitative estimate of drug-likeness (QED) is 0.677. The Morgan fingerprint density at radius 1 is 1.46 bits per heavy atom. The Labute approximate surface area is 80.9 Å². The van der Waals surface area contributed by atoms with Crippen LogP contribution in [0.2, 0.25) is 0 Å². The Balaban J connectivity index is 2.46. The fourth-order valence-electron chi connectivity index (χ4n) is 2.18. The van der Waals surface area contributed by atoms with Crippen molar-refractivity contribution in [3.05, 3.63) is 0 Å². The summed E-state index contributed by atoms with van der Waals surface area (Å²) in [6.45, 7) is 5.77. The summed E-state index contributed by atoms with van der Waals surface area (Å²) < 4.78 is 0. The molecule has 1 aliphatic heterocycles. The summed E-state index contributed by atoms with van der Waals surface area (Å²) in [5.41, 5.74) is 5.91. The van der Waals surface area contributed by atoms with Gasteiger partial charge in [-0.05, 0) is 33.2 Å². The van der Waals surface area contributed by atoms with Crippen LogP contribution in [0.5, 0.6) is 0 Å². The maximum absolute atomic E-state index is 9.32. The van der Waals surface area contributed by atoms with Crippen LogP contribution in [0.1, 0.15) is 33.1 Å². The molecule has 0 aliphatic carbocycles. The van der Waals surface area contributed by atoms with E-state index in [0.29, 0.717) is 6.04 Å². The van der Waals surface area contributed by atoms with Gasteiger partial charge in [0.15, 0.2) is 0 Å². The first-order valence-electron chi connectivity index (χ1n) is 5.29. The molecule has 0 aromatic rings. The Kier molecular flexibility index (Phi) is 4.16. The highest BCUT2D eigenvalue weighted by Crippen LogP contribution is 2.18. The Bertz CT molecular complexity index is 148. The molecule has 3 atom stereocenters. The fraction of sp³-hybridized carbons (Fsp3) is 1.00. The van der Waals surface area contributed by atoms with Crippen LogP contribution in [-0.2, 0) is 0 Å². The number of aliphatic hydroxyl groups is 1. The lowest BCUT2D eigenvalue weighted by Crippen LogP contribution is -2.51. The highest BCUT2D eigenvalue weighted by atomic mass is 16.3. The van der Waals surface area contributed by atoms with Gasteiger partial charge in [0.1, 0.15) is 0 Å². The zero-order valence-electron chi connectivity index (χ0n) is 8.74. The SMILES string of the molecule is CC(N)C1CCCCN1C[C@@H](C)O. The van der Waals surface area contributed by atoms with Crippen molar-refractivity contribution in [3.63, 3.8) is 0 Å². The minimum atomic E-state index is -0.237. The van der Waals surface area contributed by atoms with E-state index < -0.39 is 0 Å². The fourth-order valence-corrected chi connectivity index (χ4v) is 2.18. The summed E-state index contributed by atoms with van der Waals surface area (Å²) in [5.74, 6) is 0. The predicted molar refractivity (Wildman–Crippen MR) is 54.5 cm³/mol. The molecule has 0 bridgehead atoms. The molecule has 0 saturated carbocycles. The molecule has 0 radical (unpaired) electrons. The first-order valence-corrected chi connectivity index (χ1v) is 5.29. The molecule has 3 heteroatoms. The van der Waals surface area contributed by atoms with Crippen molar-refractivity contribution >= 4 is 0 Å². The second-order valence-electron chi connectivity index (χ2n) is 4.27. The van der Waals surface area contributed by atoms with E-state index in [1.165, 1.54) is 19.3 Å². The lowest BCUT2D eigenvalue weighted by atomic mass is 9.97. The van der Waals surface area contributed by atoms with Gasteiger partial charge in [0.25, 0.3) is 0 Å². The molecule has 1 fully saturated rings.